The van der Waals surface area contributed by atoms with Crippen LogP contribution in [-0.4, -0.2) is 53.8 Å². The third kappa shape index (κ3) is 4.12. The van der Waals surface area contributed by atoms with Crippen molar-refractivity contribution in [2.45, 2.75) is 25.3 Å². The van der Waals surface area contributed by atoms with E-state index in [-0.39, 0.29) is 5.91 Å². The van der Waals surface area contributed by atoms with E-state index >= 15 is 0 Å². The molecule has 0 bridgehead atoms. The number of likely N-dealkylation sites (N-methyl/N-ethyl adjacent to an activating group) is 1. The van der Waals surface area contributed by atoms with E-state index in [1.54, 1.807) is 4.68 Å². The summed E-state index contributed by atoms with van der Waals surface area (Å²) in [6.07, 6.45) is 2.35. The van der Waals surface area contributed by atoms with Gasteiger partial charge >= 0.3 is 0 Å². The number of piperazine rings is 1. The van der Waals surface area contributed by atoms with Crippen LogP contribution >= 0.6 is 11.6 Å². The Morgan fingerprint density at radius 3 is 2.59 bits per heavy atom. The van der Waals surface area contributed by atoms with Crippen molar-refractivity contribution in [3.05, 3.63) is 46.2 Å². The Bertz CT molecular complexity index is 837. The van der Waals surface area contributed by atoms with Crippen LogP contribution in [0.25, 0.3) is 0 Å². The molecule has 0 radical (unpaired) electrons. The zero-order valence-electron chi connectivity index (χ0n) is 15.9. The third-order valence-corrected chi connectivity index (χ3v) is 5.74. The summed E-state index contributed by atoms with van der Waals surface area (Å²) in [5.41, 5.74) is 3.70. The topological polar surface area (TPSA) is 53.4 Å². The van der Waals surface area contributed by atoms with Gasteiger partial charge in [-0.1, -0.05) is 17.7 Å². The number of hydrogen-bond donors (Lipinski definition) is 1. The molecule has 0 spiro atoms. The van der Waals surface area contributed by atoms with Crippen molar-refractivity contribution >= 4 is 23.2 Å². The molecule has 1 aliphatic carbocycles. The van der Waals surface area contributed by atoms with Gasteiger partial charge in [0.25, 0.3) is 5.91 Å². The number of rotatable bonds is 5. The monoisotopic (exact) mass is 387 g/mol. The molecule has 7 heteroatoms. The van der Waals surface area contributed by atoms with Crippen LogP contribution in [0.3, 0.4) is 0 Å². The molecule has 1 aliphatic heterocycles. The van der Waals surface area contributed by atoms with E-state index in [9.17, 15) is 4.79 Å². The molecule has 27 heavy (non-hydrogen) atoms. The van der Waals surface area contributed by atoms with Crippen LogP contribution in [-0.2, 0) is 13.6 Å². The fourth-order valence-electron chi connectivity index (χ4n) is 3.52. The molecule has 0 atom stereocenters. The average molecular weight is 388 g/mol. The molecule has 1 saturated carbocycles. The van der Waals surface area contributed by atoms with Gasteiger partial charge in [-0.2, -0.15) is 5.10 Å². The number of nitrogens with zero attached hydrogens (tertiary/aromatic N) is 4. The Kier molecular flexibility index (Phi) is 5.10. The van der Waals surface area contributed by atoms with E-state index < -0.39 is 0 Å². The Balaban J connectivity index is 1.38. The lowest BCUT2D eigenvalue weighted by Crippen LogP contribution is -2.44. The summed E-state index contributed by atoms with van der Waals surface area (Å²) in [5.74, 6) is 0.440. The SMILES string of the molecule is CN1CCN(c2ccc(CNC(=O)c3cc(C4CC4)nn3C)cc2Cl)CC1. The van der Waals surface area contributed by atoms with E-state index in [0.717, 1.165) is 48.1 Å². The second-order valence-corrected chi connectivity index (χ2v) is 8.02. The molecule has 2 heterocycles. The van der Waals surface area contributed by atoms with Gasteiger partial charge in [-0.25, -0.2) is 0 Å². The van der Waals surface area contributed by atoms with Crippen molar-refractivity contribution in [1.82, 2.24) is 20.0 Å². The lowest BCUT2D eigenvalue weighted by atomic mass is 10.1. The molecule has 1 aromatic carbocycles. The molecular weight excluding hydrogens is 362 g/mol. The number of aromatic nitrogens is 2. The molecule has 1 amide bonds. The lowest BCUT2D eigenvalue weighted by molar-refractivity contribution is 0.0941. The first-order valence-corrected chi connectivity index (χ1v) is 9.93. The number of anilines is 1. The fourth-order valence-corrected chi connectivity index (χ4v) is 3.84. The molecule has 6 nitrogen and oxygen atoms in total. The lowest BCUT2D eigenvalue weighted by Gasteiger charge is -2.34. The second-order valence-electron chi connectivity index (χ2n) is 7.61. The quantitative estimate of drug-likeness (QED) is 0.856. The van der Waals surface area contributed by atoms with E-state index in [1.807, 2.05) is 25.2 Å². The van der Waals surface area contributed by atoms with Crippen LogP contribution in [0.4, 0.5) is 5.69 Å². The molecule has 2 aliphatic rings. The highest BCUT2D eigenvalue weighted by Crippen LogP contribution is 2.39. The first-order chi connectivity index (χ1) is 13.0. The van der Waals surface area contributed by atoms with E-state index in [1.165, 1.54) is 12.8 Å². The van der Waals surface area contributed by atoms with Crippen molar-refractivity contribution in [2.24, 2.45) is 7.05 Å². The number of nitrogens with one attached hydrogen (secondary N) is 1. The average Bonchev–Trinajstić information content (AvgIpc) is 3.43. The highest BCUT2D eigenvalue weighted by molar-refractivity contribution is 6.33. The highest BCUT2D eigenvalue weighted by atomic mass is 35.5. The predicted molar refractivity (Wildman–Crippen MR) is 108 cm³/mol. The predicted octanol–water partition coefficient (Wildman–Crippen LogP) is 2.63. The fraction of sp³-hybridized carbons (Fsp3) is 0.500. The van der Waals surface area contributed by atoms with Gasteiger partial charge in [-0.05, 0) is 43.7 Å². The molecule has 1 aromatic heterocycles. The first-order valence-electron chi connectivity index (χ1n) is 9.55. The first kappa shape index (κ1) is 18.3. The highest BCUT2D eigenvalue weighted by Gasteiger charge is 2.28. The maximum Gasteiger partial charge on any atom is 0.269 e. The van der Waals surface area contributed by atoms with Crippen LogP contribution in [0.1, 0.15) is 40.5 Å². The van der Waals surface area contributed by atoms with E-state index in [2.05, 4.69) is 33.3 Å². The standard InChI is InChI=1S/C20H26ClN5O/c1-24-7-9-26(10-8-24)18-6-3-14(11-16(18)21)13-22-20(27)19-12-17(15-4-5-15)23-25(19)2/h3,6,11-12,15H,4-5,7-10,13H2,1-2H3,(H,22,27). The summed E-state index contributed by atoms with van der Waals surface area (Å²) in [6.45, 7) is 4.50. The van der Waals surface area contributed by atoms with E-state index in [4.69, 9.17) is 11.6 Å². The van der Waals surface area contributed by atoms with Crippen LogP contribution in [0.5, 0.6) is 0 Å². The number of hydrogen-bond acceptors (Lipinski definition) is 4. The van der Waals surface area contributed by atoms with Crippen molar-refractivity contribution in [3.8, 4) is 0 Å². The number of carbonyl (C=O) groups is 1. The van der Waals surface area contributed by atoms with Gasteiger partial charge in [0.1, 0.15) is 5.69 Å². The Hall–Kier alpha value is -2.05. The van der Waals surface area contributed by atoms with Crippen molar-refractivity contribution in [3.63, 3.8) is 0 Å². The van der Waals surface area contributed by atoms with Crippen LogP contribution < -0.4 is 10.2 Å². The Labute approximate surface area is 165 Å². The van der Waals surface area contributed by atoms with E-state index in [0.29, 0.717) is 18.2 Å². The zero-order chi connectivity index (χ0) is 19.0. The number of halogens is 1. The number of carbonyl (C=O) groups excluding carboxylic acids is 1. The molecule has 2 aromatic rings. The minimum atomic E-state index is -0.101. The summed E-state index contributed by atoms with van der Waals surface area (Å²) < 4.78 is 1.67. The second kappa shape index (κ2) is 7.52. The zero-order valence-corrected chi connectivity index (χ0v) is 16.7. The minimum Gasteiger partial charge on any atom is -0.368 e. The Morgan fingerprint density at radius 2 is 1.93 bits per heavy atom. The van der Waals surface area contributed by atoms with Crippen LogP contribution in [0, 0.1) is 0 Å². The van der Waals surface area contributed by atoms with Crippen LogP contribution in [0.2, 0.25) is 5.02 Å². The van der Waals surface area contributed by atoms with Gasteiger partial charge in [-0.15, -0.1) is 0 Å². The normalized spacial score (nSPS) is 18.0. The summed E-state index contributed by atoms with van der Waals surface area (Å²) in [5, 5.41) is 8.18. The van der Waals surface area contributed by atoms with Gasteiger partial charge in [0, 0.05) is 45.7 Å². The van der Waals surface area contributed by atoms with Gasteiger partial charge < -0.3 is 15.1 Å². The molecular formula is C20H26ClN5O. The molecule has 0 unspecified atom stereocenters. The molecule has 2 fully saturated rings. The minimum absolute atomic E-state index is 0.101. The van der Waals surface area contributed by atoms with Crippen molar-refractivity contribution in [1.29, 1.82) is 0 Å². The number of aryl methyl sites for hydroxylation is 1. The third-order valence-electron chi connectivity index (χ3n) is 5.44. The van der Waals surface area contributed by atoms with Gasteiger partial charge in [0.05, 0.1) is 16.4 Å². The molecule has 144 valence electrons. The number of benzene rings is 1. The maximum atomic E-state index is 12.5. The van der Waals surface area contributed by atoms with Gasteiger partial charge in [0.2, 0.25) is 0 Å². The van der Waals surface area contributed by atoms with Gasteiger partial charge in [0.15, 0.2) is 0 Å². The Morgan fingerprint density at radius 1 is 1.19 bits per heavy atom. The summed E-state index contributed by atoms with van der Waals surface area (Å²) in [7, 11) is 3.96. The summed E-state index contributed by atoms with van der Waals surface area (Å²) in [6, 6.07) is 7.97. The summed E-state index contributed by atoms with van der Waals surface area (Å²) in [4.78, 5) is 17.1. The van der Waals surface area contributed by atoms with Crippen molar-refractivity contribution < 1.29 is 4.79 Å². The van der Waals surface area contributed by atoms with Gasteiger partial charge in [-0.3, -0.25) is 9.48 Å². The molecule has 1 saturated heterocycles. The molecule has 4 rings (SSSR count). The van der Waals surface area contributed by atoms with Crippen molar-refractivity contribution in [2.75, 3.05) is 38.1 Å². The number of amides is 1. The maximum absolute atomic E-state index is 12.5. The molecule has 1 N–H and O–H groups in total. The largest absolute Gasteiger partial charge is 0.368 e. The van der Waals surface area contributed by atoms with Crippen LogP contribution in [0.15, 0.2) is 24.3 Å². The smallest absolute Gasteiger partial charge is 0.269 e. The summed E-state index contributed by atoms with van der Waals surface area (Å²) >= 11 is 6.52.